The first-order valence-corrected chi connectivity index (χ1v) is 14.6. The fourth-order valence-electron chi connectivity index (χ4n) is 5.33. The van der Waals surface area contributed by atoms with Crippen LogP contribution >= 0.6 is 0 Å². The molecule has 4 aromatic rings. The highest BCUT2D eigenvalue weighted by Gasteiger charge is 2.21. The number of aromatic nitrogens is 2. The van der Waals surface area contributed by atoms with Crippen LogP contribution in [0, 0.1) is 0 Å². The highest BCUT2D eigenvalue weighted by atomic mass is 16.5. The van der Waals surface area contributed by atoms with Crippen molar-refractivity contribution in [3.63, 3.8) is 0 Å². The Kier molecular flexibility index (Phi) is 9.05. The number of nitrogens with one attached hydrogen (secondary N) is 1. The SMILES string of the molecule is COc1ccc(CN(c2cc(N3CCOCC3)cc(N3CCOCC3)c2)c2nccc(Nc3cccc(OC)c3)n2)cc1. The lowest BCUT2D eigenvalue weighted by molar-refractivity contribution is 0.122. The third-order valence-electron chi connectivity index (χ3n) is 7.68. The van der Waals surface area contributed by atoms with Crippen LogP contribution in [0.4, 0.5) is 34.5 Å². The van der Waals surface area contributed by atoms with Gasteiger partial charge in [0.25, 0.3) is 0 Å². The molecule has 43 heavy (non-hydrogen) atoms. The molecule has 0 unspecified atom stereocenters. The molecule has 0 spiro atoms. The molecule has 2 fully saturated rings. The van der Waals surface area contributed by atoms with Crippen LogP contribution in [0.5, 0.6) is 11.5 Å². The molecule has 0 amide bonds. The molecular formula is C33H38N6O4. The zero-order valence-corrected chi connectivity index (χ0v) is 24.7. The molecule has 1 aromatic heterocycles. The lowest BCUT2D eigenvalue weighted by Crippen LogP contribution is -2.38. The summed E-state index contributed by atoms with van der Waals surface area (Å²) < 4.78 is 22.1. The average molecular weight is 583 g/mol. The molecule has 0 bridgehead atoms. The van der Waals surface area contributed by atoms with Gasteiger partial charge in [0, 0.05) is 61.2 Å². The summed E-state index contributed by atoms with van der Waals surface area (Å²) in [6.07, 6.45) is 1.79. The van der Waals surface area contributed by atoms with Crippen molar-refractivity contribution in [1.82, 2.24) is 9.97 Å². The molecule has 2 aliphatic rings. The average Bonchev–Trinajstić information content (AvgIpc) is 3.08. The number of hydrogen-bond donors (Lipinski definition) is 1. The molecule has 224 valence electrons. The zero-order chi connectivity index (χ0) is 29.4. The summed E-state index contributed by atoms with van der Waals surface area (Å²) >= 11 is 0. The van der Waals surface area contributed by atoms with Gasteiger partial charge in [0.1, 0.15) is 17.3 Å². The summed E-state index contributed by atoms with van der Waals surface area (Å²) in [7, 11) is 3.34. The summed E-state index contributed by atoms with van der Waals surface area (Å²) in [5, 5.41) is 3.41. The Hall–Kier alpha value is -4.54. The van der Waals surface area contributed by atoms with Crippen molar-refractivity contribution in [1.29, 1.82) is 0 Å². The van der Waals surface area contributed by atoms with Crippen molar-refractivity contribution in [2.45, 2.75) is 6.54 Å². The van der Waals surface area contributed by atoms with Crippen LogP contribution in [0.25, 0.3) is 0 Å². The van der Waals surface area contributed by atoms with Gasteiger partial charge in [0.05, 0.1) is 47.2 Å². The predicted octanol–water partition coefficient (Wildman–Crippen LogP) is 5.25. The topological polar surface area (TPSA) is 84.5 Å². The summed E-state index contributed by atoms with van der Waals surface area (Å²) in [5.74, 6) is 2.88. The lowest BCUT2D eigenvalue weighted by Gasteiger charge is -2.34. The molecule has 3 heterocycles. The first kappa shape index (κ1) is 28.6. The maximum absolute atomic E-state index is 5.67. The Bertz CT molecular complexity index is 1450. The smallest absolute Gasteiger partial charge is 0.232 e. The first-order chi connectivity index (χ1) is 21.2. The predicted molar refractivity (Wildman–Crippen MR) is 170 cm³/mol. The van der Waals surface area contributed by atoms with Gasteiger partial charge in [-0.1, -0.05) is 18.2 Å². The van der Waals surface area contributed by atoms with Crippen LogP contribution < -0.4 is 29.5 Å². The Labute approximate surface area is 252 Å². The van der Waals surface area contributed by atoms with Crippen molar-refractivity contribution < 1.29 is 18.9 Å². The lowest BCUT2D eigenvalue weighted by atomic mass is 10.1. The number of anilines is 6. The second kappa shape index (κ2) is 13.6. The minimum Gasteiger partial charge on any atom is -0.497 e. The monoisotopic (exact) mass is 582 g/mol. The number of nitrogens with zero attached hydrogens (tertiary/aromatic N) is 5. The standard InChI is InChI=1S/C33H38N6O4/c1-40-30-8-6-25(7-9-30)24-39(33-34-11-10-32(36-33)35-26-4-3-5-31(20-26)41-2)29-22-27(37-12-16-42-17-13-37)21-28(23-29)38-14-18-43-19-15-38/h3-11,20-23H,12-19,24H2,1-2H3,(H,34,35,36). The highest BCUT2D eigenvalue weighted by Crippen LogP contribution is 2.35. The van der Waals surface area contributed by atoms with Gasteiger partial charge in [-0.3, -0.25) is 0 Å². The second-order valence-electron chi connectivity index (χ2n) is 10.4. The molecule has 2 aliphatic heterocycles. The van der Waals surface area contributed by atoms with E-state index in [0.29, 0.717) is 44.7 Å². The van der Waals surface area contributed by atoms with E-state index in [2.05, 4.69) is 50.3 Å². The third kappa shape index (κ3) is 7.10. The zero-order valence-electron chi connectivity index (χ0n) is 24.7. The number of benzene rings is 3. The number of methoxy groups -OCH3 is 2. The molecule has 0 radical (unpaired) electrons. The van der Waals surface area contributed by atoms with E-state index in [1.165, 1.54) is 0 Å². The summed E-state index contributed by atoms with van der Waals surface area (Å²) in [6, 6.07) is 24.6. The van der Waals surface area contributed by atoms with Gasteiger partial charge in [-0.25, -0.2) is 4.98 Å². The molecule has 1 N–H and O–H groups in total. The normalized spacial score (nSPS) is 15.2. The molecule has 10 heteroatoms. The highest BCUT2D eigenvalue weighted by molar-refractivity contribution is 5.73. The molecule has 0 saturated carbocycles. The van der Waals surface area contributed by atoms with E-state index in [-0.39, 0.29) is 0 Å². The largest absolute Gasteiger partial charge is 0.497 e. The molecule has 0 atom stereocenters. The van der Waals surface area contributed by atoms with Crippen molar-refractivity contribution in [2.75, 3.05) is 86.8 Å². The van der Waals surface area contributed by atoms with Gasteiger partial charge in [-0.05, 0) is 54.1 Å². The maximum Gasteiger partial charge on any atom is 0.232 e. The van der Waals surface area contributed by atoms with E-state index < -0.39 is 0 Å². The number of hydrogen-bond acceptors (Lipinski definition) is 10. The molecule has 6 rings (SSSR count). The fourth-order valence-corrected chi connectivity index (χ4v) is 5.33. The van der Waals surface area contributed by atoms with E-state index in [0.717, 1.165) is 66.0 Å². The summed E-state index contributed by atoms with van der Waals surface area (Å²) in [6.45, 7) is 6.83. The fraction of sp³-hybridized carbons (Fsp3) is 0.333. The van der Waals surface area contributed by atoms with Crippen molar-refractivity contribution in [3.8, 4) is 11.5 Å². The van der Waals surface area contributed by atoms with Gasteiger partial charge in [-0.2, -0.15) is 4.98 Å². The van der Waals surface area contributed by atoms with Gasteiger partial charge in [-0.15, -0.1) is 0 Å². The summed E-state index contributed by atoms with van der Waals surface area (Å²) in [5.41, 5.74) is 5.33. The van der Waals surface area contributed by atoms with Gasteiger partial charge in [0.2, 0.25) is 5.95 Å². The van der Waals surface area contributed by atoms with Crippen LogP contribution in [-0.4, -0.2) is 76.8 Å². The van der Waals surface area contributed by atoms with Crippen LogP contribution in [0.1, 0.15) is 5.56 Å². The third-order valence-corrected chi connectivity index (χ3v) is 7.68. The maximum atomic E-state index is 5.67. The minimum absolute atomic E-state index is 0.571. The number of ether oxygens (including phenoxy) is 4. The van der Waals surface area contributed by atoms with E-state index >= 15 is 0 Å². The van der Waals surface area contributed by atoms with Gasteiger partial charge in [0.15, 0.2) is 0 Å². The first-order valence-electron chi connectivity index (χ1n) is 14.6. The molecule has 2 saturated heterocycles. The Morgan fingerprint density at radius 3 is 2.05 bits per heavy atom. The molecule has 0 aliphatic carbocycles. The van der Waals surface area contributed by atoms with Crippen LogP contribution in [0.15, 0.2) is 79.0 Å². The van der Waals surface area contributed by atoms with Crippen LogP contribution in [-0.2, 0) is 16.0 Å². The van der Waals surface area contributed by atoms with Gasteiger partial charge < -0.3 is 39.0 Å². The van der Waals surface area contributed by atoms with E-state index in [4.69, 9.17) is 28.9 Å². The van der Waals surface area contributed by atoms with E-state index in [1.807, 2.05) is 42.5 Å². The van der Waals surface area contributed by atoms with Crippen LogP contribution in [0.3, 0.4) is 0 Å². The number of rotatable bonds is 10. The second-order valence-corrected chi connectivity index (χ2v) is 10.4. The van der Waals surface area contributed by atoms with Crippen LogP contribution in [0.2, 0.25) is 0 Å². The molecule has 10 nitrogen and oxygen atoms in total. The Morgan fingerprint density at radius 1 is 0.767 bits per heavy atom. The Balaban J connectivity index is 1.40. The van der Waals surface area contributed by atoms with Crippen molar-refractivity contribution >= 4 is 34.5 Å². The molecule has 3 aromatic carbocycles. The summed E-state index contributed by atoms with van der Waals surface area (Å²) in [4.78, 5) is 16.7. The molecular weight excluding hydrogens is 544 g/mol. The number of morpholine rings is 2. The quantitative estimate of drug-likeness (QED) is 0.268. The van der Waals surface area contributed by atoms with E-state index in [1.54, 1.807) is 20.4 Å². The van der Waals surface area contributed by atoms with Crippen molar-refractivity contribution in [3.05, 3.63) is 84.6 Å². The minimum atomic E-state index is 0.571. The Morgan fingerprint density at radius 2 is 1.42 bits per heavy atom. The van der Waals surface area contributed by atoms with Gasteiger partial charge >= 0.3 is 0 Å². The van der Waals surface area contributed by atoms with E-state index in [9.17, 15) is 0 Å². The van der Waals surface area contributed by atoms with Crippen molar-refractivity contribution in [2.24, 2.45) is 0 Å².